The second kappa shape index (κ2) is 8.09. The molecule has 0 radical (unpaired) electrons. The monoisotopic (exact) mass is 485 g/mol. The molecule has 0 spiro atoms. The number of carbonyl (C=O) groups excluding carboxylic acids is 1. The van der Waals surface area contributed by atoms with Crippen molar-refractivity contribution in [3.05, 3.63) is 64.3 Å². The highest BCUT2D eigenvalue weighted by molar-refractivity contribution is 7.89. The molecule has 11 heteroatoms. The lowest BCUT2D eigenvalue weighted by Gasteiger charge is -2.34. The lowest BCUT2D eigenvalue weighted by Crippen LogP contribution is -2.50. The number of alkyl halides is 3. The Hall–Kier alpha value is -2.56. The third-order valence-corrected chi connectivity index (χ3v) is 7.89. The summed E-state index contributed by atoms with van der Waals surface area (Å²) in [6.45, 7) is 1.90. The Bertz CT molecular complexity index is 1300. The lowest BCUT2D eigenvalue weighted by atomic mass is 10.1. The van der Waals surface area contributed by atoms with E-state index in [9.17, 15) is 26.4 Å². The molecule has 0 saturated carbocycles. The van der Waals surface area contributed by atoms with E-state index in [2.05, 4.69) is 4.98 Å². The fourth-order valence-corrected chi connectivity index (χ4v) is 5.78. The van der Waals surface area contributed by atoms with Crippen LogP contribution in [-0.2, 0) is 16.2 Å². The van der Waals surface area contributed by atoms with Gasteiger partial charge in [0.2, 0.25) is 10.0 Å². The number of sulfonamides is 1. The summed E-state index contributed by atoms with van der Waals surface area (Å²) >= 11 is 5.93. The quantitative estimate of drug-likeness (QED) is 0.601. The third kappa shape index (κ3) is 3.98. The molecule has 0 atom stereocenters. The third-order valence-electron chi connectivity index (χ3n) is 5.51. The maximum absolute atomic E-state index is 13.1. The van der Waals surface area contributed by atoms with E-state index in [4.69, 9.17) is 11.6 Å². The second-order valence-corrected chi connectivity index (χ2v) is 9.82. The molecule has 1 N–H and O–H groups in total. The van der Waals surface area contributed by atoms with Gasteiger partial charge in [-0.1, -0.05) is 29.8 Å². The number of amides is 1. The van der Waals surface area contributed by atoms with Crippen LogP contribution < -0.4 is 0 Å². The minimum absolute atomic E-state index is 0.0535. The van der Waals surface area contributed by atoms with Gasteiger partial charge in [0.1, 0.15) is 4.90 Å². The molecular formula is C21H19ClF3N3O3S. The van der Waals surface area contributed by atoms with Crippen molar-refractivity contribution in [3.63, 3.8) is 0 Å². The molecule has 0 unspecified atom stereocenters. The Labute approximate surface area is 187 Å². The van der Waals surface area contributed by atoms with Crippen molar-refractivity contribution in [2.24, 2.45) is 0 Å². The van der Waals surface area contributed by atoms with Crippen molar-refractivity contribution in [2.75, 3.05) is 26.2 Å². The largest absolute Gasteiger partial charge is 0.416 e. The molecule has 32 heavy (non-hydrogen) atoms. The summed E-state index contributed by atoms with van der Waals surface area (Å²) in [5.41, 5.74) is 0.970. The van der Waals surface area contributed by atoms with E-state index in [0.29, 0.717) is 17.3 Å². The number of hydrogen-bond acceptors (Lipinski definition) is 3. The van der Waals surface area contributed by atoms with Gasteiger partial charge in [-0.15, -0.1) is 0 Å². The van der Waals surface area contributed by atoms with E-state index in [0.717, 1.165) is 27.3 Å². The van der Waals surface area contributed by atoms with E-state index in [1.54, 1.807) is 11.8 Å². The Kier molecular flexibility index (Phi) is 5.72. The summed E-state index contributed by atoms with van der Waals surface area (Å²) in [7, 11) is -4.26. The number of carbonyl (C=O) groups is 1. The SMILES string of the molecule is Cc1[nH]c2ccccc2c1C(=O)N1CCN(S(=O)(=O)c2cc(C(F)(F)F)ccc2Cl)CC1. The predicted molar refractivity (Wildman–Crippen MR) is 114 cm³/mol. The fourth-order valence-electron chi connectivity index (χ4n) is 3.86. The molecule has 1 amide bonds. The molecule has 1 aliphatic heterocycles. The number of benzene rings is 2. The first-order chi connectivity index (χ1) is 15.0. The molecule has 1 saturated heterocycles. The molecule has 1 fully saturated rings. The molecular weight excluding hydrogens is 467 g/mol. The molecule has 1 aliphatic rings. The number of hydrogen-bond donors (Lipinski definition) is 1. The smallest absolute Gasteiger partial charge is 0.358 e. The van der Waals surface area contributed by atoms with Crippen LogP contribution in [0.1, 0.15) is 21.6 Å². The molecule has 0 bridgehead atoms. The summed E-state index contributed by atoms with van der Waals surface area (Å²) in [6.07, 6.45) is -4.70. The van der Waals surface area contributed by atoms with Crippen LogP contribution >= 0.6 is 11.6 Å². The van der Waals surface area contributed by atoms with Gasteiger partial charge in [0.05, 0.1) is 16.1 Å². The molecule has 3 aromatic rings. The van der Waals surface area contributed by atoms with Crippen molar-refractivity contribution in [1.29, 1.82) is 0 Å². The van der Waals surface area contributed by atoms with Crippen LogP contribution in [0.5, 0.6) is 0 Å². The number of halogens is 4. The van der Waals surface area contributed by atoms with Crippen LogP contribution in [-0.4, -0.2) is 54.7 Å². The number of piperazine rings is 1. The minimum Gasteiger partial charge on any atom is -0.358 e. The fraction of sp³-hybridized carbons (Fsp3) is 0.286. The number of H-pyrrole nitrogens is 1. The van der Waals surface area contributed by atoms with Crippen LogP contribution in [0.4, 0.5) is 13.2 Å². The Morgan fingerprint density at radius 1 is 1.06 bits per heavy atom. The molecule has 170 valence electrons. The summed E-state index contributed by atoms with van der Waals surface area (Å²) < 4.78 is 66.2. The van der Waals surface area contributed by atoms with Crippen LogP contribution in [0.25, 0.3) is 10.9 Å². The number of rotatable bonds is 3. The standard InChI is InChI=1S/C21H19ClF3N3O3S/c1-13-19(15-4-2-3-5-17(15)26-13)20(29)27-8-10-28(11-9-27)32(30,31)18-12-14(21(23,24)25)6-7-16(18)22/h2-7,12,26H,8-11H2,1H3. The van der Waals surface area contributed by atoms with Gasteiger partial charge in [-0.2, -0.15) is 17.5 Å². The zero-order chi connectivity index (χ0) is 23.3. The molecule has 0 aliphatic carbocycles. The number of para-hydroxylation sites is 1. The zero-order valence-corrected chi connectivity index (χ0v) is 18.5. The van der Waals surface area contributed by atoms with Crippen LogP contribution in [0, 0.1) is 6.92 Å². The highest BCUT2D eigenvalue weighted by atomic mass is 35.5. The Morgan fingerprint density at radius 3 is 2.38 bits per heavy atom. The van der Waals surface area contributed by atoms with Gasteiger partial charge in [-0.05, 0) is 31.2 Å². The normalized spacial score (nSPS) is 16.0. The van der Waals surface area contributed by atoms with Crippen LogP contribution in [0.2, 0.25) is 5.02 Å². The first-order valence-corrected chi connectivity index (χ1v) is 11.6. The summed E-state index contributed by atoms with van der Waals surface area (Å²) in [6, 6.07) is 9.60. The number of aryl methyl sites for hydroxylation is 1. The van der Waals surface area contributed by atoms with Crippen molar-refractivity contribution in [3.8, 4) is 0 Å². The van der Waals surface area contributed by atoms with Gasteiger partial charge >= 0.3 is 6.18 Å². The second-order valence-electron chi connectivity index (χ2n) is 7.51. The van der Waals surface area contributed by atoms with E-state index in [1.165, 1.54) is 0 Å². The van der Waals surface area contributed by atoms with Crippen molar-refractivity contribution in [1.82, 2.24) is 14.2 Å². The number of aromatic nitrogens is 1. The summed E-state index contributed by atoms with van der Waals surface area (Å²) in [4.78, 5) is 17.2. The molecule has 2 heterocycles. The molecule has 4 rings (SSSR count). The van der Waals surface area contributed by atoms with Gasteiger partial charge in [0.25, 0.3) is 5.91 Å². The van der Waals surface area contributed by atoms with Crippen molar-refractivity contribution in [2.45, 2.75) is 18.0 Å². The number of fused-ring (bicyclic) bond motifs is 1. The average molecular weight is 486 g/mol. The maximum Gasteiger partial charge on any atom is 0.416 e. The minimum atomic E-state index is -4.70. The zero-order valence-electron chi connectivity index (χ0n) is 16.9. The van der Waals surface area contributed by atoms with E-state index in [-0.39, 0.29) is 37.1 Å². The topological polar surface area (TPSA) is 73.5 Å². The van der Waals surface area contributed by atoms with Gasteiger partial charge in [-0.3, -0.25) is 4.79 Å². The van der Waals surface area contributed by atoms with Gasteiger partial charge in [0.15, 0.2) is 0 Å². The highest BCUT2D eigenvalue weighted by Crippen LogP contribution is 2.34. The maximum atomic E-state index is 13.1. The van der Waals surface area contributed by atoms with Gasteiger partial charge < -0.3 is 9.88 Å². The van der Waals surface area contributed by atoms with Crippen molar-refractivity contribution >= 4 is 38.4 Å². The van der Waals surface area contributed by atoms with Crippen molar-refractivity contribution < 1.29 is 26.4 Å². The number of nitrogens with one attached hydrogen (secondary N) is 1. The number of nitrogens with zero attached hydrogens (tertiary/aromatic N) is 2. The van der Waals surface area contributed by atoms with Crippen LogP contribution in [0.15, 0.2) is 47.4 Å². The van der Waals surface area contributed by atoms with E-state index < -0.39 is 26.7 Å². The average Bonchev–Trinajstić information content (AvgIpc) is 3.08. The molecule has 2 aromatic carbocycles. The molecule has 6 nitrogen and oxygen atoms in total. The summed E-state index contributed by atoms with van der Waals surface area (Å²) in [5, 5.41) is 0.492. The van der Waals surface area contributed by atoms with Crippen LogP contribution in [0.3, 0.4) is 0 Å². The van der Waals surface area contributed by atoms with Gasteiger partial charge in [-0.25, -0.2) is 8.42 Å². The number of aromatic amines is 1. The Balaban J connectivity index is 1.55. The summed E-state index contributed by atoms with van der Waals surface area (Å²) in [5.74, 6) is -0.228. The van der Waals surface area contributed by atoms with E-state index in [1.807, 2.05) is 24.3 Å². The highest BCUT2D eigenvalue weighted by Gasteiger charge is 2.36. The molecule has 1 aromatic heterocycles. The predicted octanol–water partition coefficient (Wildman–Crippen LogP) is 4.30. The first-order valence-electron chi connectivity index (χ1n) is 9.73. The van der Waals surface area contributed by atoms with E-state index >= 15 is 0 Å². The van der Waals surface area contributed by atoms with Gasteiger partial charge in [0, 0.05) is 42.8 Å². The lowest BCUT2D eigenvalue weighted by molar-refractivity contribution is -0.137. The first kappa shape index (κ1) is 22.6. The Morgan fingerprint density at radius 2 is 1.72 bits per heavy atom.